The van der Waals surface area contributed by atoms with Crippen molar-refractivity contribution >= 4 is 17.6 Å². The van der Waals surface area contributed by atoms with E-state index in [1.54, 1.807) is 0 Å². The van der Waals surface area contributed by atoms with E-state index in [2.05, 4.69) is 10.3 Å². The number of ether oxygens (including phenoxy) is 2. The van der Waals surface area contributed by atoms with Crippen LogP contribution in [0.5, 0.6) is 0 Å². The highest BCUT2D eigenvalue weighted by Crippen LogP contribution is 2.30. The first-order chi connectivity index (χ1) is 13.1. The highest BCUT2D eigenvalue weighted by Gasteiger charge is 2.30. The summed E-state index contributed by atoms with van der Waals surface area (Å²) in [5.41, 5.74) is -2.21. The van der Waals surface area contributed by atoms with Crippen molar-refractivity contribution in [2.75, 3.05) is 25.6 Å². The van der Waals surface area contributed by atoms with Gasteiger partial charge in [-0.15, -0.1) is 0 Å². The lowest BCUT2D eigenvalue weighted by molar-refractivity contribution is -0.137. The van der Waals surface area contributed by atoms with Gasteiger partial charge in [-0.2, -0.15) is 13.2 Å². The van der Waals surface area contributed by atoms with Crippen LogP contribution in [0.3, 0.4) is 0 Å². The fraction of sp³-hybridized carbons (Fsp3) is 0.278. The molecule has 0 fully saturated rings. The number of pyridine rings is 1. The lowest BCUT2D eigenvalue weighted by Crippen LogP contribution is -2.26. The second-order valence-corrected chi connectivity index (χ2v) is 5.71. The molecule has 0 aliphatic heterocycles. The predicted molar refractivity (Wildman–Crippen MR) is 93.4 cm³/mol. The van der Waals surface area contributed by atoms with Gasteiger partial charge in [0.25, 0.3) is 11.5 Å². The number of esters is 1. The van der Waals surface area contributed by atoms with E-state index < -0.39 is 34.7 Å². The van der Waals surface area contributed by atoms with Crippen molar-refractivity contribution in [2.45, 2.75) is 13.1 Å². The van der Waals surface area contributed by atoms with Gasteiger partial charge in [-0.3, -0.25) is 9.59 Å². The van der Waals surface area contributed by atoms with E-state index in [9.17, 15) is 27.6 Å². The van der Waals surface area contributed by atoms with Crippen molar-refractivity contribution in [1.82, 2.24) is 4.98 Å². The number of halogens is 3. The van der Waals surface area contributed by atoms with E-state index in [1.807, 2.05) is 0 Å². The molecule has 0 atom stereocenters. The van der Waals surface area contributed by atoms with Gasteiger partial charge in [0.05, 0.1) is 17.7 Å². The van der Waals surface area contributed by atoms with Crippen LogP contribution in [-0.2, 0) is 15.7 Å². The number of aryl methyl sites for hydroxylation is 1. The number of nitrogens with one attached hydrogen (secondary N) is 2. The Labute approximate surface area is 157 Å². The van der Waals surface area contributed by atoms with Crippen molar-refractivity contribution in [3.05, 3.63) is 63.1 Å². The maximum atomic E-state index is 12.8. The topological polar surface area (TPSA) is 97.5 Å². The van der Waals surface area contributed by atoms with Gasteiger partial charge < -0.3 is 19.8 Å². The lowest BCUT2D eigenvalue weighted by atomic mass is 10.1. The number of rotatable bonds is 6. The Morgan fingerprint density at radius 1 is 1.14 bits per heavy atom. The molecular weight excluding hydrogens is 381 g/mol. The second-order valence-electron chi connectivity index (χ2n) is 5.71. The molecule has 0 bridgehead atoms. The highest BCUT2D eigenvalue weighted by molar-refractivity contribution is 6.05. The summed E-state index contributed by atoms with van der Waals surface area (Å²) >= 11 is 0. The fourth-order valence-corrected chi connectivity index (χ4v) is 2.27. The van der Waals surface area contributed by atoms with Gasteiger partial charge in [-0.1, -0.05) is 6.07 Å². The minimum atomic E-state index is -4.58. The second kappa shape index (κ2) is 8.70. The third kappa shape index (κ3) is 5.19. The first kappa shape index (κ1) is 21.2. The first-order valence-electron chi connectivity index (χ1n) is 8.02. The van der Waals surface area contributed by atoms with Gasteiger partial charge in [0.1, 0.15) is 12.2 Å². The summed E-state index contributed by atoms with van der Waals surface area (Å²) in [6.45, 7) is 1.58. The van der Waals surface area contributed by atoms with Crippen LogP contribution >= 0.6 is 0 Å². The number of aromatic amines is 1. The normalized spacial score (nSPS) is 11.2. The molecule has 1 heterocycles. The van der Waals surface area contributed by atoms with Crippen LogP contribution in [0.2, 0.25) is 0 Å². The Morgan fingerprint density at radius 2 is 1.86 bits per heavy atom. The SMILES string of the molecule is COCCOC(=O)c1cc(C(=O)Nc2cccc(C(F)(F)F)c2)c(=O)[nH]c1C. The molecule has 0 unspecified atom stereocenters. The predicted octanol–water partition coefficient (Wildman–Crippen LogP) is 2.76. The van der Waals surface area contributed by atoms with Crippen LogP contribution in [0, 0.1) is 6.92 Å². The number of aromatic nitrogens is 1. The maximum Gasteiger partial charge on any atom is 0.416 e. The maximum absolute atomic E-state index is 12.8. The van der Waals surface area contributed by atoms with Gasteiger partial charge >= 0.3 is 12.1 Å². The summed E-state index contributed by atoms with van der Waals surface area (Å²) in [7, 11) is 1.43. The summed E-state index contributed by atoms with van der Waals surface area (Å²) in [5.74, 6) is -1.74. The fourth-order valence-electron chi connectivity index (χ4n) is 2.27. The molecule has 0 spiro atoms. The molecule has 7 nitrogen and oxygen atoms in total. The van der Waals surface area contributed by atoms with Crippen molar-refractivity contribution in [3.8, 4) is 0 Å². The molecule has 2 aromatic rings. The van der Waals surface area contributed by atoms with Gasteiger partial charge in [0.2, 0.25) is 0 Å². The number of carbonyl (C=O) groups excluding carboxylic acids is 2. The average Bonchev–Trinajstić information content (AvgIpc) is 2.61. The molecule has 150 valence electrons. The third-order valence-electron chi connectivity index (χ3n) is 3.67. The molecule has 0 aliphatic rings. The van der Waals surface area contributed by atoms with Gasteiger partial charge in [-0.25, -0.2) is 4.79 Å². The number of benzene rings is 1. The largest absolute Gasteiger partial charge is 0.460 e. The number of hydrogen-bond donors (Lipinski definition) is 2. The molecule has 1 amide bonds. The summed E-state index contributed by atoms with van der Waals surface area (Å²) in [5, 5.41) is 2.22. The van der Waals surface area contributed by atoms with Gasteiger partial charge in [0, 0.05) is 18.5 Å². The minimum Gasteiger partial charge on any atom is -0.460 e. The van der Waals surface area contributed by atoms with E-state index in [4.69, 9.17) is 9.47 Å². The van der Waals surface area contributed by atoms with Crippen LogP contribution in [-0.4, -0.2) is 37.2 Å². The molecule has 2 rings (SSSR count). The van der Waals surface area contributed by atoms with Crippen molar-refractivity contribution in [3.63, 3.8) is 0 Å². The van der Waals surface area contributed by atoms with Crippen LogP contribution in [0.4, 0.5) is 18.9 Å². The Balaban J connectivity index is 2.27. The number of H-pyrrole nitrogens is 1. The summed E-state index contributed by atoms with van der Waals surface area (Å²) in [4.78, 5) is 38.9. The van der Waals surface area contributed by atoms with E-state index in [-0.39, 0.29) is 30.2 Å². The molecule has 0 saturated heterocycles. The standard InChI is InChI=1S/C18H17F3N2O5/c1-10-13(17(26)28-7-6-27-2)9-14(15(24)22-10)16(25)23-12-5-3-4-11(8-12)18(19,20)21/h3-5,8-9H,6-7H2,1-2H3,(H,22,24)(H,23,25). The van der Waals surface area contributed by atoms with Gasteiger partial charge in [-0.05, 0) is 31.2 Å². The quantitative estimate of drug-likeness (QED) is 0.576. The average molecular weight is 398 g/mol. The number of anilines is 1. The van der Waals surface area contributed by atoms with Crippen LogP contribution < -0.4 is 10.9 Å². The Morgan fingerprint density at radius 3 is 2.50 bits per heavy atom. The van der Waals surface area contributed by atoms with Crippen molar-refractivity contribution in [1.29, 1.82) is 0 Å². The molecule has 0 aliphatic carbocycles. The van der Waals surface area contributed by atoms with Crippen LogP contribution in [0.25, 0.3) is 0 Å². The zero-order chi connectivity index (χ0) is 20.9. The summed E-state index contributed by atoms with van der Waals surface area (Å²) in [6, 6.07) is 4.99. The zero-order valence-electron chi connectivity index (χ0n) is 15.0. The molecule has 0 saturated carbocycles. The summed E-state index contributed by atoms with van der Waals surface area (Å²) in [6.07, 6.45) is -4.58. The van der Waals surface area contributed by atoms with Crippen LogP contribution in [0.15, 0.2) is 35.1 Å². The highest BCUT2D eigenvalue weighted by atomic mass is 19.4. The Hall–Kier alpha value is -3.14. The van der Waals surface area contributed by atoms with Crippen molar-refractivity contribution < 1.29 is 32.2 Å². The number of hydrogen-bond acceptors (Lipinski definition) is 5. The molecule has 2 N–H and O–H groups in total. The number of methoxy groups -OCH3 is 1. The van der Waals surface area contributed by atoms with Crippen molar-refractivity contribution in [2.24, 2.45) is 0 Å². The Bertz CT molecular complexity index is 938. The van der Waals surface area contributed by atoms with E-state index in [0.717, 1.165) is 24.3 Å². The molecule has 1 aromatic carbocycles. The molecule has 10 heteroatoms. The number of carbonyl (C=O) groups is 2. The minimum absolute atomic E-state index is 0.0281. The molecule has 0 radical (unpaired) electrons. The number of alkyl halides is 3. The van der Waals surface area contributed by atoms with E-state index in [0.29, 0.717) is 0 Å². The van der Waals surface area contributed by atoms with E-state index >= 15 is 0 Å². The Kier molecular flexibility index (Phi) is 6.57. The molecule has 28 heavy (non-hydrogen) atoms. The smallest absolute Gasteiger partial charge is 0.416 e. The summed E-state index contributed by atoms with van der Waals surface area (Å²) < 4.78 is 48.0. The monoisotopic (exact) mass is 398 g/mol. The number of amides is 1. The molecular formula is C18H17F3N2O5. The van der Waals surface area contributed by atoms with Gasteiger partial charge in [0.15, 0.2) is 0 Å². The lowest BCUT2D eigenvalue weighted by Gasteiger charge is -2.11. The molecule has 1 aromatic heterocycles. The van der Waals surface area contributed by atoms with Crippen LogP contribution in [0.1, 0.15) is 32.0 Å². The third-order valence-corrected chi connectivity index (χ3v) is 3.67. The zero-order valence-corrected chi connectivity index (χ0v) is 15.0. The first-order valence-corrected chi connectivity index (χ1v) is 8.02. The van der Waals surface area contributed by atoms with E-state index in [1.165, 1.54) is 20.1 Å².